The summed E-state index contributed by atoms with van der Waals surface area (Å²) in [5.74, 6) is -7.30. The van der Waals surface area contributed by atoms with E-state index in [4.69, 9.17) is 0 Å². The third-order valence-electron chi connectivity index (χ3n) is 3.99. The zero-order valence-corrected chi connectivity index (χ0v) is 12.8. The van der Waals surface area contributed by atoms with E-state index in [-0.39, 0.29) is 5.57 Å². The SMILES string of the molecule is N#CC(=C1c2cccnc2-c2ncccc21)c1c(F)nc(F)c(F)c1F. The second kappa shape index (κ2) is 5.74. The first-order chi connectivity index (χ1) is 12.5. The van der Waals surface area contributed by atoms with Gasteiger partial charge in [0.25, 0.3) is 5.95 Å². The van der Waals surface area contributed by atoms with Crippen molar-refractivity contribution in [2.24, 2.45) is 0 Å². The Kier molecular flexibility index (Phi) is 3.51. The topological polar surface area (TPSA) is 62.5 Å². The zero-order chi connectivity index (χ0) is 18.4. The summed E-state index contributed by atoms with van der Waals surface area (Å²) in [4.78, 5) is 11.1. The van der Waals surface area contributed by atoms with E-state index in [0.717, 1.165) is 0 Å². The molecule has 0 amide bonds. The Morgan fingerprint density at radius 2 is 1.42 bits per heavy atom. The second-order valence-electron chi connectivity index (χ2n) is 5.36. The van der Waals surface area contributed by atoms with Crippen LogP contribution >= 0.6 is 0 Å². The van der Waals surface area contributed by atoms with Crippen molar-refractivity contribution in [2.75, 3.05) is 0 Å². The van der Waals surface area contributed by atoms with Crippen molar-refractivity contribution in [1.29, 1.82) is 5.26 Å². The molecule has 0 aliphatic heterocycles. The molecule has 0 bridgehead atoms. The van der Waals surface area contributed by atoms with Crippen LogP contribution in [-0.2, 0) is 0 Å². The van der Waals surface area contributed by atoms with Gasteiger partial charge in [-0.3, -0.25) is 9.97 Å². The maximum atomic E-state index is 14.3. The molecule has 0 spiro atoms. The molecule has 8 heteroatoms. The summed E-state index contributed by atoms with van der Waals surface area (Å²) in [5.41, 5.74) is 0.219. The summed E-state index contributed by atoms with van der Waals surface area (Å²) >= 11 is 0. The Morgan fingerprint density at radius 1 is 0.846 bits per heavy atom. The Labute approximate surface area is 144 Å². The van der Waals surface area contributed by atoms with E-state index < -0.39 is 34.7 Å². The number of pyridine rings is 3. The van der Waals surface area contributed by atoms with Gasteiger partial charge in [-0.25, -0.2) is 4.39 Å². The van der Waals surface area contributed by atoms with Gasteiger partial charge in [-0.2, -0.15) is 23.4 Å². The van der Waals surface area contributed by atoms with E-state index in [2.05, 4.69) is 15.0 Å². The van der Waals surface area contributed by atoms with E-state index in [1.54, 1.807) is 30.3 Å². The summed E-state index contributed by atoms with van der Waals surface area (Å²) in [5, 5.41) is 9.57. The predicted molar refractivity (Wildman–Crippen MR) is 83.1 cm³/mol. The molecule has 0 radical (unpaired) electrons. The smallest absolute Gasteiger partial charge is 0.254 e. The van der Waals surface area contributed by atoms with Gasteiger partial charge >= 0.3 is 0 Å². The first-order valence-electron chi connectivity index (χ1n) is 7.30. The van der Waals surface area contributed by atoms with Gasteiger partial charge in [0.15, 0.2) is 5.82 Å². The maximum Gasteiger partial charge on any atom is 0.254 e. The summed E-state index contributed by atoms with van der Waals surface area (Å²) in [6.07, 6.45) is 3.01. The lowest BCUT2D eigenvalue weighted by Gasteiger charge is -2.09. The number of rotatable bonds is 1. The molecule has 26 heavy (non-hydrogen) atoms. The van der Waals surface area contributed by atoms with Gasteiger partial charge in [0.1, 0.15) is 6.07 Å². The molecule has 0 saturated carbocycles. The molecule has 3 aromatic rings. The quantitative estimate of drug-likeness (QED) is 0.296. The highest BCUT2D eigenvalue weighted by molar-refractivity contribution is 6.11. The van der Waals surface area contributed by atoms with Crippen molar-refractivity contribution in [3.05, 3.63) is 76.9 Å². The second-order valence-corrected chi connectivity index (χ2v) is 5.36. The Morgan fingerprint density at radius 3 is 1.96 bits per heavy atom. The third-order valence-corrected chi connectivity index (χ3v) is 3.99. The monoisotopic (exact) mass is 354 g/mol. The molecular formula is C18H6F4N4. The summed E-state index contributed by atoms with van der Waals surface area (Å²) in [6.45, 7) is 0. The number of allylic oxidation sites excluding steroid dienone is 1. The van der Waals surface area contributed by atoms with Crippen LogP contribution in [0.25, 0.3) is 22.5 Å². The predicted octanol–water partition coefficient (Wildman–Crippen LogP) is 3.89. The summed E-state index contributed by atoms with van der Waals surface area (Å²) in [7, 11) is 0. The van der Waals surface area contributed by atoms with Gasteiger partial charge in [0.2, 0.25) is 11.8 Å². The minimum absolute atomic E-state index is 0.129. The molecular weight excluding hydrogens is 348 g/mol. The van der Waals surface area contributed by atoms with Crippen molar-refractivity contribution in [3.8, 4) is 17.5 Å². The van der Waals surface area contributed by atoms with Gasteiger partial charge < -0.3 is 0 Å². The Hall–Kier alpha value is -3.60. The number of hydrogen-bond acceptors (Lipinski definition) is 4. The van der Waals surface area contributed by atoms with Crippen LogP contribution in [0.4, 0.5) is 17.6 Å². The van der Waals surface area contributed by atoms with Crippen LogP contribution in [0.1, 0.15) is 16.7 Å². The highest BCUT2D eigenvalue weighted by atomic mass is 19.2. The number of fused-ring (bicyclic) bond motifs is 3. The summed E-state index contributed by atoms with van der Waals surface area (Å²) < 4.78 is 55.2. The normalized spacial score (nSPS) is 11.7. The molecule has 4 rings (SSSR count). The highest BCUT2D eigenvalue weighted by Gasteiger charge is 2.32. The average Bonchev–Trinajstić information content (AvgIpc) is 2.98. The lowest BCUT2D eigenvalue weighted by atomic mass is 9.95. The van der Waals surface area contributed by atoms with E-state index in [9.17, 15) is 22.8 Å². The number of hydrogen-bond donors (Lipinski definition) is 0. The van der Waals surface area contributed by atoms with Crippen molar-refractivity contribution < 1.29 is 17.6 Å². The van der Waals surface area contributed by atoms with E-state index in [0.29, 0.717) is 22.5 Å². The van der Waals surface area contributed by atoms with Crippen LogP contribution in [-0.4, -0.2) is 15.0 Å². The number of nitrogens with zero attached hydrogens (tertiary/aromatic N) is 4. The molecule has 0 N–H and O–H groups in total. The highest BCUT2D eigenvalue weighted by Crippen LogP contribution is 2.45. The van der Waals surface area contributed by atoms with Crippen LogP contribution in [0.3, 0.4) is 0 Å². The first-order valence-corrected chi connectivity index (χ1v) is 7.30. The third kappa shape index (κ3) is 2.10. The fourth-order valence-corrected chi connectivity index (χ4v) is 2.94. The average molecular weight is 354 g/mol. The molecule has 4 nitrogen and oxygen atoms in total. The number of aromatic nitrogens is 3. The molecule has 0 atom stereocenters. The largest absolute Gasteiger partial charge is 0.254 e. The lowest BCUT2D eigenvalue weighted by Crippen LogP contribution is -2.06. The minimum Gasteiger partial charge on any atom is -0.254 e. The molecule has 0 saturated heterocycles. The van der Waals surface area contributed by atoms with Crippen LogP contribution in [0.5, 0.6) is 0 Å². The molecule has 1 aliphatic rings. The molecule has 0 unspecified atom stereocenters. The molecule has 0 aromatic carbocycles. The van der Waals surface area contributed by atoms with Gasteiger partial charge in [-0.15, -0.1) is 0 Å². The minimum atomic E-state index is -1.95. The standard InChI is InChI=1S/C18H6F4N4/c19-13-12(17(21)26-18(22)14(13)20)10(7-23)11-8-3-1-5-24-15(8)16-9(11)4-2-6-25-16/h1-6H. The fourth-order valence-electron chi connectivity index (χ4n) is 2.94. The fraction of sp³-hybridized carbons (Fsp3) is 0. The molecule has 3 aromatic heterocycles. The molecule has 3 heterocycles. The van der Waals surface area contributed by atoms with Crippen molar-refractivity contribution in [1.82, 2.24) is 15.0 Å². The van der Waals surface area contributed by atoms with E-state index in [1.807, 2.05) is 0 Å². The van der Waals surface area contributed by atoms with Crippen LogP contribution < -0.4 is 0 Å². The Bertz CT molecular complexity index is 1100. The molecule has 0 fully saturated rings. The van der Waals surface area contributed by atoms with Gasteiger partial charge in [0, 0.05) is 29.1 Å². The van der Waals surface area contributed by atoms with Crippen molar-refractivity contribution >= 4 is 11.1 Å². The van der Waals surface area contributed by atoms with Gasteiger partial charge in [-0.05, 0) is 12.1 Å². The number of nitriles is 1. The van der Waals surface area contributed by atoms with Crippen LogP contribution in [0, 0.1) is 34.9 Å². The van der Waals surface area contributed by atoms with E-state index >= 15 is 0 Å². The van der Waals surface area contributed by atoms with E-state index in [1.165, 1.54) is 12.4 Å². The zero-order valence-electron chi connectivity index (χ0n) is 12.8. The van der Waals surface area contributed by atoms with Crippen molar-refractivity contribution in [2.45, 2.75) is 0 Å². The maximum absolute atomic E-state index is 14.3. The van der Waals surface area contributed by atoms with Gasteiger partial charge in [0.05, 0.1) is 22.5 Å². The number of halogens is 4. The molecule has 126 valence electrons. The Balaban J connectivity index is 2.15. The van der Waals surface area contributed by atoms with Crippen molar-refractivity contribution in [3.63, 3.8) is 0 Å². The summed E-state index contributed by atoms with van der Waals surface area (Å²) in [6, 6.07) is 8.04. The van der Waals surface area contributed by atoms with Crippen LogP contribution in [0.15, 0.2) is 36.7 Å². The first kappa shape index (κ1) is 15.9. The lowest BCUT2D eigenvalue weighted by molar-refractivity contribution is 0.399. The molecule has 1 aliphatic carbocycles. The van der Waals surface area contributed by atoms with Gasteiger partial charge in [-0.1, -0.05) is 12.1 Å². The van der Waals surface area contributed by atoms with Crippen LogP contribution in [0.2, 0.25) is 0 Å².